The van der Waals surface area contributed by atoms with Crippen LogP contribution in [-0.2, 0) is 9.53 Å². The van der Waals surface area contributed by atoms with E-state index in [0.29, 0.717) is 37.1 Å². The first-order valence-electron chi connectivity index (χ1n) is 9.96. The number of allylic oxidation sites excluding steroid dienone is 1. The van der Waals surface area contributed by atoms with Crippen LogP contribution in [0.3, 0.4) is 0 Å². The zero-order valence-corrected chi connectivity index (χ0v) is 20.0. The highest BCUT2D eigenvalue weighted by molar-refractivity contribution is 7.10. The van der Waals surface area contributed by atoms with Gasteiger partial charge in [-0.1, -0.05) is 29.0 Å². The molecule has 0 aliphatic carbocycles. The summed E-state index contributed by atoms with van der Waals surface area (Å²) in [5, 5.41) is 2.56. The number of fused-ring (bicyclic) bond motifs is 1. The molecule has 1 atom stereocenters. The first kappa shape index (κ1) is 21.6. The molecule has 0 bridgehead atoms. The lowest BCUT2D eigenvalue weighted by Crippen LogP contribution is -2.39. The van der Waals surface area contributed by atoms with Gasteiger partial charge < -0.3 is 9.15 Å². The fourth-order valence-electron chi connectivity index (χ4n) is 3.74. The van der Waals surface area contributed by atoms with E-state index in [-0.39, 0.29) is 5.56 Å². The molecule has 3 aromatic heterocycles. The predicted molar refractivity (Wildman–Crippen MR) is 129 cm³/mol. The van der Waals surface area contributed by atoms with Gasteiger partial charge in [0.15, 0.2) is 4.80 Å². The average molecular weight is 497 g/mol. The number of rotatable bonds is 4. The highest BCUT2D eigenvalue weighted by Crippen LogP contribution is 2.33. The second kappa shape index (κ2) is 8.62. The number of nitrogens with zero attached hydrogens (tertiary/aromatic N) is 2. The normalized spacial score (nSPS) is 16.0. The summed E-state index contributed by atoms with van der Waals surface area (Å²) in [5.41, 5.74) is 1.55. The van der Waals surface area contributed by atoms with Crippen LogP contribution in [0.15, 0.2) is 79.4 Å². The molecule has 0 amide bonds. The van der Waals surface area contributed by atoms with Crippen molar-refractivity contribution in [2.75, 3.05) is 7.11 Å². The van der Waals surface area contributed by atoms with Crippen LogP contribution in [0.1, 0.15) is 23.6 Å². The summed E-state index contributed by atoms with van der Waals surface area (Å²) >= 11 is 8.70. The van der Waals surface area contributed by atoms with Gasteiger partial charge in [0.2, 0.25) is 0 Å². The number of benzene rings is 1. The molecule has 5 rings (SSSR count). The van der Waals surface area contributed by atoms with Crippen molar-refractivity contribution >= 4 is 46.3 Å². The number of thiophene rings is 1. The molecule has 4 heterocycles. The summed E-state index contributed by atoms with van der Waals surface area (Å²) < 4.78 is 13.0. The van der Waals surface area contributed by atoms with Gasteiger partial charge in [-0.2, -0.15) is 0 Å². The fraction of sp³-hybridized carbons (Fsp3) is 0.125. The Balaban J connectivity index is 1.62. The van der Waals surface area contributed by atoms with Crippen molar-refractivity contribution in [3.8, 4) is 11.3 Å². The van der Waals surface area contributed by atoms with E-state index >= 15 is 0 Å². The van der Waals surface area contributed by atoms with E-state index in [1.54, 1.807) is 29.7 Å². The molecule has 0 radical (unpaired) electrons. The zero-order chi connectivity index (χ0) is 23.1. The topological polar surface area (TPSA) is 73.8 Å². The minimum absolute atomic E-state index is 0.240. The Morgan fingerprint density at radius 3 is 2.70 bits per heavy atom. The van der Waals surface area contributed by atoms with Gasteiger partial charge in [0.05, 0.1) is 22.9 Å². The van der Waals surface area contributed by atoms with Crippen molar-refractivity contribution in [1.82, 2.24) is 4.57 Å². The maximum Gasteiger partial charge on any atom is 0.338 e. The predicted octanol–water partition coefficient (Wildman–Crippen LogP) is 4.38. The lowest BCUT2D eigenvalue weighted by atomic mass is 10.0. The molecule has 166 valence electrons. The van der Waals surface area contributed by atoms with E-state index in [1.165, 1.54) is 29.8 Å². The molecule has 1 aromatic carbocycles. The summed E-state index contributed by atoms with van der Waals surface area (Å²) in [6.45, 7) is 1.76. The summed E-state index contributed by atoms with van der Waals surface area (Å²) in [7, 11) is 1.33. The molecule has 0 saturated heterocycles. The first-order valence-corrected chi connectivity index (χ1v) is 12.0. The molecule has 33 heavy (non-hydrogen) atoms. The number of esters is 1. The Labute approximate surface area is 201 Å². The first-order chi connectivity index (χ1) is 16.0. The van der Waals surface area contributed by atoms with Crippen molar-refractivity contribution in [3.63, 3.8) is 0 Å². The molecule has 0 spiro atoms. The molecular formula is C24H17ClN2O4S2. The van der Waals surface area contributed by atoms with Crippen LogP contribution < -0.4 is 14.9 Å². The largest absolute Gasteiger partial charge is 0.466 e. The maximum absolute atomic E-state index is 13.5. The van der Waals surface area contributed by atoms with Crippen molar-refractivity contribution in [1.29, 1.82) is 0 Å². The number of carbonyl (C=O) groups is 1. The van der Waals surface area contributed by atoms with Crippen LogP contribution in [0.25, 0.3) is 17.4 Å². The monoisotopic (exact) mass is 496 g/mol. The zero-order valence-electron chi connectivity index (χ0n) is 17.6. The maximum atomic E-state index is 13.5. The third kappa shape index (κ3) is 3.90. The second-order valence-corrected chi connectivity index (χ2v) is 9.72. The summed E-state index contributed by atoms with van der Waals surface area (Å²) in [6, 6.07) is 14.2. The highest BCUT2D eigenvalue weighted by atomic mass is 35.5. The third-order valence-electron chi connectivity index (χ3n) is 5.27. The lowest BCUT2D eigenvalue weighted by Gasteiger charge is -2.22. The number of carbonyl (C=O) groups excluding carboxylic acids is 1. The smallest absolute Gasteiger partial charge is 0.338 e. The summed E-state index contributed by atoms with van der Waals surface area (Å²) in [4.78, 5) is 32.0. The fourth-order valence-corrected chi connectivity index (χ4v) is 5.71. The van der Waals surface area contributed by atoms with Gasteiger partial charge in [0.25, 0.3) is 5.56 Å². The Bertz CT molecular complexity index is 1560. The molecule has 1 aliphatic heterocycles. The van der Waals surface area contributed by atoms with Crippen molar-refractivity contribution < 1.29 is 13.9 Å². The molecule has 4 aromatic rings. The molecule has 0 fully saturated rings. The number of furan rings is 1. The quantitative estimate of drug-likeness (QED) is 0.393. The van der Waals surface area contributed by atoms with E-state index in [0.717, 1.165) is 10.4 Å². The third-order valence-corrected chi connectivity index (χ3v) is 7.43. The van der Waals surface area contributed by atoms with Crippen LogP contribution in [0, 0.1) is 0 Å². The minimum Gasteiger partial charge on any atom is -0.466 e. The van der Waals surface area contributed by atoms with Crippen LogP contribution >= 0.6 is 34.3 Å². The number of hydrogen-bond donors (Lipinski definition) is 0. The van der Waals surface area contributed by atoms with Gasteiger partial charge in [-0.25, -0.2) is 9.79 Å². The van der Waals surface area contributed by atoms with Crippen molar-refractivity contribution in [2.45, 2.75) is 13.0 Å². The van der Waals surface area contributed by atoms with Gasteiger partial charge in [0.1, 0.15) is 17.6 Å². The lowest BCUT2D eigenvalue weighted by molar-refractivity contribution is -0.136. The van der Waals surface area contributed by atoms with E-state index < -0.39 is 12.0 Å². The molecule has 0 unspecified atom stereocenters. The Morgan fingerprint density at radius 1 is 1.21 bits per heavy atom. The van der Waals surface area contributed by atoms with Crippen LogP contribution in [0.5, 0.6) is 0 Å². The van der Waals surface area contributed by atoms with Crippen molar-refractivity contribution in [2.24, 2.45) is 4.99 Å². The highest BCUT2D eigenvalue weighted by Gasteiger charge is 2.33. The van der Waals surface area contributed by atoms with Gasteiger partial charge in [0, 0.05) is 21.5 Å². The van der Waals surface area contributed by atoms with Gasteiger partial charge >= 0.3 is 5.97 Å². The number of ether oxygens (including phenoxy) is 1. The SMILES string of the molecule is COC(=O)C1=C(C)N=c2s/c(=C/c3ccc(-c4ccc(Cl)cc4)o3)c(=O)n2[C@H]1c1cccs1. The van der Waals surface area contributed by atoms with Crippen LogP contribution in [0.2, 0.25) is 5.02 Å². The standard InChI is InChI=1S/C24H17ClN2O4S2/c1-13-20(23(29)30-2)21(18-4-3-11-32-18)27-22(28)19(33-24(27)26-13)12-16-9-10-17(31-16)14-5-7-15(25)8-6-14/h3-12,21H,1-2H3/b19-12+/t21-/m0/s1. The van der Waals surface area contributed by atoms with Crippen LogP contribution in [-0.4, -0.2) is 17.6 Å². The Hall–Kier alpha value is -3.20. The molecule has 0 saturated carbocycles. The average Bonchev–Trinajstić information content (AvgIpc) is 3.55. The van der Waals surface area contributed by atoms with Crippen molar-refractivity contribution in [3.05, 3.63) is 101 Å². The molecular weight excluding hydrogens is 480 g/mol. The number of methoxy groups -OCH3 is 1. The van der Waals surface area contributed by atoms with E-state index in [9.17, 15) is 9.59 Å². The van der Waals surface area contributed by atoms with Crippen LogP contribution in [0.4, 0.5) is 0 Å². The van der Waals surface area contributed by atoms with E-state index in [2.05, 4.69) is 4.99 Å². The molecule has 0 N–H and O–H groups in total. The number of aromatic nitrogens is 1. The van der Waals surface area contributed by atoms with Gasteiger partial charge in [-0.15, -0.1) is 11.3 Å². The Kier molecular flexibility index (Phi) is 5.65. The molecule has 6 nitrogen and oxygen atoms in total. The second-order valence-electron chi connectivity index (χ2n) is 7.30. The summed E-state index contributed by atoms with van der Waals surface area (Å²) in [5.74, 6) is 0.718. The Morgan fingerprint density at radius 2 is 2.00 bits per heavy atom. The number of thiazole rings is 1. The molecule has 1 aliphatic rings. The molecule has 9 heteroatoms. The summed E-state index contributed by atoms with van der Waals surface area (Å²) in [6.07, 6.45) is 1.70. The van der Waals surface area contributed by atoms with E-state index in [1.807, 2.05) is 41.8 Å². The number of halogens is 1. The minimum atomic E-state index is -0.586. The van der Waals surface area contributed by atoms with Gasteiger partial charge in [-0.3, -0.25) is 9.36 Å². The van der Waals surface area contributed by atoms with Gasteiger partial charge in [-0.05, 0) is 54.8 Å². The van der Waals surface area contributed by atoms with E-state index in [4.69, 9.17) is 20.8 Å². The number of hydrogen-bond acceptors (Lipinski definition) is 7.